The number of piperidine rings is 1. The molecule has 1 aliphatic rings. The van der Waals surface area contributed by atoms with Crippen LogP contribution < -0.4 is 0 Å². The molecule has 19 heavy (non-hydrogen) atoms. The lowest BCUT2D eigenvalue weighted by Crippen LogP contribution is -2.49. The van der Waals surface area contributed by atoms with Gasteiger partial charge in [-0.2, -0.15) is 0 Å². The molecule has 0 radical (unpaired) electrons. The van der Waals surface area contributed by atoms with E-state index in [2.05, 4.69) is 6.58 Å². The molecule has 0 bridgehead atoms. The summed E-state index contributed by atoms with van der Waals surface area (Å²) in [4.78, 5) is 26.3. The maximum Gasteiger partial charge on any atom is 0.260 e. The van der Waals surface area contributed by atoms with E-state index in [4.69, 9.17) is 0 Å². The zero-order valence-corrected chi connectivity index (χ0v) is 11.3. The Balaban J connectivity index is 2.23. The number of rotatable bonds is 3. The maximum atomic E-state index is 12.5. The third-order valence-electron chi connectivity index (χ3n) is 3.73. The fourth-order valence-electron chi connectivity index (χ4n) is 2.60. The molecule has 0 N–H and O–H groups in total. The molecular weight excluding hydrogens is 238 g/mol. The fraction of sp³-hybridized carbons (Fsp3) is 0.375. The molecule has 1 heterocycles. The molecule has 3 nitrogen and oxygen atoms in total. The molecule has 1 aromatic carbocycles. The molecule has 2 rings (SSSR count). The second-order valence-corrected chi connectivity index (χ2v) is 5.28. The van der Waals surface area contributed by atoms with Crippen LogP contribution in [0.1, 0.15) is 36.5 Å². The molecule has 2 amide bonds. The van der Waals surface area contributed by atoms with E-state index >= 15 is 0 Å². The lowest BCUT2D eigenvalue weighted by Gasteiger charge is -2.37. The van der Waals surface area contributed by atoms with Gasteiger partial charge in [-0.1, -0.05) is 31.2 Å². The van der Waals surface area contributed by atoms with Gasteiger partial charge in [-0.15, -0.1) is 6.58 Å². The molecule has 1 aliphatic heterocycles. The average molecular weight is 257 g/mol. The third kappa shape index (κ3) is 2.60. The highest BCUT2D eigenvalue weighted by Gasteiger charge is 2.41. The van der Waals surface area contributed by atoms with Crippen molar-refractivity contribution < 1.29 is 9.59 Å². The molecule has 1 atom stereocenters. The van der Waals surface area contributed by atoms with Gasteiger partial charge in [0.1, 0.15) is 0 Å². The summed E-state index contributed by atoms with van der Waals surface area (Å²) >= 11 is 0. The van der Waals surface area contributed by atoms with Crippen molar-refractivity contribution in [2.75, 3.05) is 6.54 Å². The van der Waals surface area contributed by atoms with Crippen molar-refractivity contribution in [2.45, 2.75) is 26.2 Å². The Morgan fingerprint density at radius 1 is 1.42 bits per heavy atom. The van der Waals surface area contributed by atoms with Gasteiger partial charge >= 0.3 is 0 Å². The van der Waals surface area contributed by atoms with E-state index in [0.29, 0.717) is 18.5 Å². The maximum absolute atomic E-state index is 12.5. The first-order valence-corrected chi connectivity index (χ1v) is 6.61. The van der Waals surface area contributed by atoms with Crippen LogP contribution in [-0.2, 0) is 4.79 Å². The number of likely N-dealkylation sites (tertiary alicyclic amines) is 1. The van der Waals surface area contributed by atoms with E-state index < -0.39 is 5.41 Å². The van der Waals surface area contributed by atoms with Crippen LogP contribution in [0.25, 0.3) is 0 Å². The Hall–Kier alpha value is -1.90. The minimum Gasteiger partial charge on any atom is -0.278 e. The molecule has 0 saturated carbocycles. The number of benzene rings is 1. The van der Waals surface area contributed by atoms with Gasteiger partial charge in [0.2, 0.25) is 5.91 Å². The van der Waals surface area contributed by atoms with E-state index in [1.165, 1.54) is 4.90 Å². The Morgan fingerprint density at radius 2 is 2.11 bits per heavy atom. The summed E-state index contributed by atoms with van der Waals surface area (Å²) < 4.78 is 0. The van der Waals surface area contributed by atoms with E-state index in [1.54, 1.807) is 18.2 Å². The van der Waals surface area contributed by atoms with E-state index in [9.17, 15) is 9.59 Å². The van der Waals surface area contributed by atoms with Crippen LogP contribution in [-0.4, -0.2) is 23.3 Å². The lowest BCUT2D eigenvalue weighted by atomic mass is 9.78. The molecule has 1 fully saturated rings. The van der Waals surface area contributed by atoms with Gasteiger partial charge in [-0.25, -0.2) is 0 Å². The van der Waals surface area contributed by atoms with E-state index in [0.717, 1.165) is 12.8 Å². The van der Waals surface area contributed by atoms with Crippen molar-refractivity contribution >= 4 is 11.8 Å². The number of carbonyl (C=O) groups is 2. The van der Waals surface area contributed by atoms with Gasteiger partial charge in [-0.05, 0) is 31.4 Å². The molecule has 1 saturated heterocycles. The van der Waals surface area contributed by atoms with Crippen LogP contribution >= 0.6 is 0 Å². The molecule has 100 valence electrons. The highest BCUT2D eigenvalue weighted by Crippen LogP contribution is 2.35. The van der Waals surface area contributed by atoms with Crippen LogP contribution in [0.5, 0.6) is 0 Å². The number of amides is 2. The largest absolute Gasteiger partial charge is 0.278 e. The standard InChI is InChI=1S/C16H19NO2/c1-3-10-16(2)11-7-12-17(15(16)19)14(18)13-8-5-4-6-9-13/h3-6,8-9H,1,7,10-12H2,2H3. The van der Waals surface area contributed by atoms with Crippen molar-refractivity contribution in [3.63, 3.8) is 0 Å². The first-order chi connectivity index (χ1) is 9.08. The van der Waals surface area contributed by atoms with Gasteiger partial charge in [0.25, 0.3) is 5.91 Å². The van der Waals surface area contributed by atoms with Crippen LogP contribution in [0.15, 0.2) is 43.0 Å². The zero-order valence-electron chi connectivity index (χ0n) is 11.3. The second-order valence-electron chi connectivity index (χ2n) is 5.28. The Bertz CT molecular complexity index is 495. The Labute approximate surface area is 113 Å². The predicted octanol–water partition coefficient (Wildman–Crippen LogP) is 3.03. The van der Waals surface area contributed by atoms with Gasteiger partial charge < -0.3 is 0 Å². The van der Waals surface area contributed by atoms with Crippen molar-refractivity contribution in [3.8, 4) is 0 Å². The van der Waals surface area contributed by atoms with Gasteiger partial charge in [0.05, 0.1) is 5.41 Å². The highest BCUT2D eigenvalue weighted by molar-refractivity contribution is 6.06. The molecule has 1 unspecified atom stereocenters. The summed E-state index contributed by atoms with van der Waals surface area (Å²) in [7, 11) is 0. The van der Waals surface area contributed by atoms with Crippen LogP contribution in [0.3, 0.4) is 0 Å². The highest BCUT2D eigenvalue weighted by atomic mass is 16.2. The summed E-state index contributed by atoms with van der Waals surface area (Å²) in [5, 5.41) is 0. The first-order valence-electron chi connectivity index (χ1n) is 6.61. The van der Waals surface area contributed by atoms with E-state index in [1.807, 2.05) is 25.1 Å². The van der Waals surface area contributed by atoms with E-state index in [-0.39, 0.29) is 11.8 Å². The van der Waals surface area contributed by atoms with Crippen LogP contribution in [0, 0.1) is 5.41 Å². The molecule has 3 heteroatoms. The predicted molar refractivity (Wildman–Crippen MR) is 74.6 cm³/mol. The minimum absolute atomic E-state index is 0.0764. The molecule has 1 aromatic rings. The monoisotopic (exact) mass is 257 g/mol. The fourth-order valence-corrected chi connectivity index (χ4v) is 2.60. The minimum atomic E-state index is -0.482. The SMILES string of the molecule is C=CCC1(C)CCCN(C(=O)c2ccccc2)C1=O. The van der Waals surface area contributed by atoms with Gasteiger partial charge in [0.15, 0.2) is 0 Å². The zero-order chi connectivity index (χ0) is 13.9. The normalized spacial score (nSPS) is 23.2. The smallest absolute Gasteiger partial charge is 0.260 e. The molecule has 0 aromatic heterocycles. The van der Waals surface area contributed by atoms with Gasteiger partial charge in [0, 0.05) is 12.1 Å². The summed E-state index contributed by atoms with van der Waals surface area (Å²) in [6.45, 7) is 6.14. The molecule has 0 spiro atoms. The summed E-state index contributed by atoms with van der Waals surface area (Å²) in [6.07, 6.45) is 4.05. The van der Waals surface area contributed by atoms with Crippen molar-refractivity contribution in [1.82, 2.24) is 4.90 Å². The number of hydrogen-bond acceptors (Lipinski definition) is 2. The number of hydrogen-bond donors (Lipinski definition) is 0. The number of carbonyl (C=O) groups excluding carboxylic acids is 2. The average Bonchev–Trinajstić information content (AvgIpc) is 2.43. The van der Waals surface area contributed by atoms with Crippen molar-refractivity contribution in [1.29, 1.82) is 0 Å². The Morgan fingerprint density at radius 3 is 2.74 bits per heavy atom. The number of allylic oxidation sites excluding steroid dienone is 1. The lowest BCUT2D eigenvalue weighted by molar-refractivity contribution is -0.141. The molecule has 0 aliphatic carbocycles. The summed E-state index contributed by atoms with van der Waals surface area (Å²) in [5.74, 6) is -0.270. The number of nitrogens with zero attached hydrogens (tertiary/aromatic N) is 1. The second kappa shape index (κ2) is 5.39. The number of imide groups is 1. The first kappa shape index (κ1) is 13.5. The van der Waals surface area contributed by atoms with Crippen molar-refractivity contribution in [2.24, 2.45) is 5.41 Å². The summed E-state index contributed by atoms with van der Waals surface area (Å²) in [5.41, 5.74) is 0.0865. The quantitative estimate of drug-likeness (QED) is 0.616. The van der Waals surface area contributed by atoms with Gasteiger partial charge in [-0.3, -0.25) is 14.5 Å². The Kier molecular flexibility index (Phi) is 3.84. The van der Waals surface area contributed by atoms with Crippen LogP contribution in [0.2, 0.25) is 0 Å². The summed E-state index contributed by atoms with van der Waals surface area (Å²) in [6, 6.07) is 8.97. The molecular formula is C16H19NO2. The third-order valence-corrected chi connectivity index (χ3v) is 3.73. The van der Waals surface area contributed by atoms with Crippen LogP contribution in [0.4, 0.5) is 0 Å². The van der Waals surface area contributed by atoms with Crippen molar-refractivity contribution in [3.05, 3.63) is 48.6 Å². The topological polar surface area (TPSA) is 37.4 Å².